The van der Waals surface area contributed by atoms with Gasteiger partial charge in [-0.2, -0.15) is 5.10 Å². The molecule has 16 heavy (non-hydrogen) atoms. The Balaban J connectivity index is 2.58. The van der Waals surface area contributed by atoms with Crippen molar-refractivity contribution in [2.24, 2.45) is 0 Å². The molecule has 0 bridgehead atoms. The van der Waals surface area contributed by atoms with Gasteiger partial charge in [0.2, 0.25) is 0 Å². The number of aromatic nitrogens is 3. The molecule has 0 aliphatic carbocycles. The van der Waals surface area contributed by atoms with Crippen molar-refractivity contribution in [1.82, 2.24) is 14.8 Å². The van der Waals surface area contributed by atoms with E-state index < -0.39 is 0 Å². The minimum atomic E-state index is 0.242. The lowest BCUT2D eigenvalue weighted by Crippen LogP contribution is -2.06. The van der Waals surface area contributed by atoms with Gasteiger partial charge < -0.3 is 0 Å². The molecule has 0 radical (unpaired) electrons. The van der Waals surface area contributed by atoms with Gasteiger partial charge in [0.05, 0.1) is 11.4 Å². The zero-order chi connectivity index (χ0) is 11.5. The molecule has 0 spiro atoms. The van der Waals surface area contributed by atoms with E-state index in [4.69, 9.17) is 0 Å². The van der Waals surface area contributed by atoms with Crippen molar-refractivity contribution >= 4 is 6.29 Å². The van der Waals surface area contributed by atoms with Gasteiger partial charge >= 0.3 is 0 Å². The summed E-state index contributed by atoms with van der Waals surface area (Å²) in [6.45, 7) is 4.08. The number of rotatable bonds is 3. The van der Waals surface area contributed by atoms with E-state index in [0.29, 0.717) is 11.3 Å². The molecule has 0 aromatic carbocycles. The van der Waals surface area contributed by atoms with E-state index in [1.54, 1.807) is 24.5 Å². The summed E-state index contributed by atoms with van der Waals surface area (Å²) in [4.78, 5) is 15.2. The second-order valence-corrected chi connectivity index (χ2v) is 3.81. The van der Waals surface area contributed by atoms with Crippen LogP contribution in [-0.4, -0.2) is 21.1 Å². The highest BCUT2D eigenvalue weighted by Gasteiger charge is 2.12. The molecule has 0 fully saturated rings. The van der Waals surface area contributed by atoms with Gasteiger partial charge in [0.1, 0.15) is 0 Å². The van der Waals surface area contributed by atoms with Crippen LogP contribution in [0.4, 0.5) is 0 Å². The molecular weight excluding hydrogens is 202 g/mol. The molecule has 2 rings (SSSR count). The summed E-state index contributed by atoms with van der Waals surface area (Å²) in [6.07, 6.45) is 4.22. The first-order chi connectivity index (χ1) is 7.74. The van der Waals surface area contributed by atoms with Gasteiger partial charge in [-0.05, 0) is 32.0 Å². The van der Waals surface area contributed by atoms with Crippen LogP contribution in [0.3, 0.4) is 0 Å². The van der Waals surface area contributed by atoms with Crippen LogP contribution in [0, 0.1) is 0 Å². The summed E-state index contributed by atoms with van der Waals surface area (Å²) in [6, 6.07) is 5.62. The smallest absolute Gasteiger partial charge is 0.152 e. The van der Waals surface area contributed by atoms with Crippen LogP contribution in [0.1, 0.15) is 30.2 Å². The maximum Gasteiger partial charge on any atom is 0.152 e. The molecule has 2 aromatic rings. The molecule has 0 unspecified atom stereocenters. The van der Waals surface area contributed by atoms with Crippen molar-refractivity contribution in [3.63, 3.8) is 0 Å². The van der Waals surface area contributed by atoms with E-state index >= 15 is 0 Å². The fourth-order valence-corrected chi connectivity index (χ4v) is 1.64. The van der Waals surface area contributed by atoms with Gasteiger partial charge in [-0.1, -0.05) is 0 Å². The van der Waals surface area contributed by atoms with Gasteiger partial charge in [0, 0.05) is 24.0 Å². The van der Waals surface area contributed by atoms with Crippen molar-refractivity contribution in [1.29, 1.82) is 0 Å². The van der Waals surface area contributed by atoms with Crippen molar-refractivity contribution in [2.45, 2.75) is 19.9 Å². The zero-order valence-corrected chi connectivity index (χ0v) is 9.29. The molecule has 0 N–H and O–H groups in total. The average molecular weight is 215 g/mol. The molecule has 0 aliphatic rings. The molecule has 0 saturated heterocycles. The molecule has 0 amide bonds. The van der Waals surface area contributed by atoms with E-state index in [-0.39, 0.29) is 6.04 Å². The lowest BCUT2D eigenvalue weighted by atomic mass is 10.1. The Hall–Kier alpha value is -1.97. The summed E-state index contributed by atoms with van der Waals surface area (Å²) in [5.74, 6) is 0. The Labute approximate surface area is 93.9 Å². The van der Waals surface area contributed by atoms with Crippen LogP contribution in [0.5, 0.6) is 0 Å². The highest BCUT2D eigenvalue weighted by atomic mass is 16.1. The number of pyridine rings is 1. The first-order valence-electron chi connectivity index (χ1n) is 5.18. The molecule has 2 aromatic heterocycles. The minimum Gasteiger partial charge on any atom is -0.298 e. The first-order valence-corrected chi connectivity index (χ1v) is 5.18. The lowest BCUT2D eigenvalue weighted by Gasteiger charge is -2.11. The summed E-state index contributed by atoms with van der Waals surface area (Å²) in [7, 11) is 0. The number of hydrogen-bond acceptors (Lipinski definition) is 3. The third-order valence-electron chi connectivity index (χ3n) is 2.37. The number of carbonyl (C=O) groups excluding carboxylic acids is 1. The second kappa shape index (κ2) is 4.26. The van der Waals surface area contributed by atoms with Crippen LogP contribution in [0.25, 0.3) is 11.4 Å². The maximum atomic E-state index is 10.9. The Kier molecular flexibility index (Phi) is 2.81. The molecular formula is C12H13N3O. The topological polar surface area (TPSA) is 47.8 Å². The SMILES string of the molecule is CC(C)n1nccc1-c1ncccc1C=O. The van der Waals surface area contributed by atoms with Crippen molar-refractivity contribution < 1.29 is 4.79 Å². The third kappa shape index (κ3) is 1.74. The van der Waals surface area contributed by atoms with Gasteiger partial charge in [-0.15, -0.1) is 0 Å². The molecule has 0 atom stereocenters. The summed E-state index contributed by atoms with van der Waals surface area (Å²) >= 11 is 0. The van der Waals surface area contributed by atoms with Crippen molar-refractivity contribution in [3.8, 4) is 11.4 Å². The maximum absolute atomic E-state index is 10.9. The van der Waals surface area contributed by atoms with Crippen LogP contribution in [-0.2, 0) is 0 Å². The molecule has 0 saturated carbocycles. The van der Waals surface area contributed by atoms with Crippen LogP contribution in [0.2, 0.25) is 0 Å². The van der Waals surface area contributed by atoms with E-state index in [1.165, 1.54) is 0 Å². The zero-order valence-electron chi connectivity index (χ0n) is 9.29. The predicted octanol–water partition coefficient (Wildman–Crippen LogP) is 2.34. The fourth-order valence-electron chi connectivity index (χ4n) is 1.64. The van der Waals surface area contributed by atoms with Gasteiger partial charge in [-0.3, -0.25) is 14.5 Å². The lowest BCUT2D eigenvalue weighted by molar-refractivity contribution is 0.112. The number of carbonyl (C=O) groups is 1. The highest BCUT2D eigenvalue weighted by molar-refractivity contribution is 5.84. The highest BCUT2D eigenvalue weighted by Crippen LogP contribution is 2.22. The molecule has 2 heterocycles. The second-order valence-electron chi connectivity index (χ2n) is 3.81. The van der Waals surface area contributed by atoms with Crippen molar-refractivity contribution in [2.75, 3.05) is 0 Å². The Morgan fingerprint density at radius 2 is 2.12 bits per heavy atom. The molecule has 4 heteroatoms. The van der Waals surface area contributed by atoms with Gasteiger partial charge in [0.15, 0.2) is 6.29 Å². The van der Waals surface area contributed by atoms with Crippen LogP contribution in [0.15, 0.2) is 30.6 Å². The molecule has 0 aliphatic heterocycles. The predicted molar refractivity (Wildman–Crippen MR) is 61.2 cm³/mol. The summed E-state index contributed by atoms with van der Waals surface area (Å²) < 4.78 is 1.86. The number of hydrogen-bond donors (Lipinski definition) is 0. The van der Waals surface area contributed by atoms with E-state index in [2.05, 4.69) is 10.1 Å². The van der Waals surface area contributed by atoms with E-state index in [1.807, 2.05) is 24.6 Å². The van der Waals surface area contributed by atoms with E-state index in [0.717, 1.165) is 12.0 Å². The summed E-state index contributed by atoms with van der Waals surface area (Å²) in [5.41, 5.74) is 2.14. The number of nitrogens with zero attached hydrogens (tertiary/aromatic N) is 3. The van der Waals surface area contributed by atoms with E-state index in [9.17, 15) is 4.79 Å². The minimum absolute atomic E-state index is 0.242. The quantitative estimate of drug-likeness (QED) is 0.738. The monoisotopic (exact) mass is 215 g/mol. The Morgan fingerprint density at radius 3 is 2.81 bits per heavy atom. The number of aldehydes is 1. The van der Waals surface area contributed by atoms with Gasteiger partial charge in [-0.25, -0.2) is 0 Å². The van der Waals surface area contributed by atoms with Crippen LogP contribution < -0.4 is 0 Å². The third-order valence-corrected chi connectivity index (χ3v) is 2.37. The summed E-state index contributed by atoms with van der Waals surface area (Å²) in [5, 5.41) is 4.23. The molecule has 4 nitrogen and oxygen atoms in total. The average Bonchev–Trinajstić information content (AvgIpc) is 2.77. The largest absolute Gasteiger partial charge is 0.298 e. The molecule has 82 valence electrons. The van der Waals surface area contributed by atoms with Crippen LogP contribution >= 0.6 is 0 Å². The fraction of sp³-hybridized carbons (Fsp3) is 0.250. The first kappa shape index (κ1) is 10.5. The van der Waals surface area contributed by atoms with Crippen molar-refractivity contribution in [3.05, 3.63) is 36.2 Å². The Bertz CT molecular complexity index is 502. The Morgan fingerprint density at radius 1 is 1.31 bits per heavy atom. The normalized spacial score (nSPS) is 10.7. The standard InChI is InChI=1S/C12H13N3O/c1-9(2)15-11(5-7-14-15)12-10(8-16)4-3-6-13-12/h3-9H,1-2H3. The van der Waals surface area contributed by atoms with Gasteiger partial charge in [0.25, 0.3) is 0 Å².